The minimum absolute atomic E-state index is 0.228. The monoisotopic (exact) mass is 372 g/mol. The third-order valence-electron chi connectivity index (χ3n) is 4.07. The van der Waals surface area contributed by atoms with Gasteiger partial charge >= 0.3 is 0 Å². The highest BCUT2D eigenvalue weighted by Crippen LogP contribution is 2.32. The molecule has 0 aliphatic heterocycles. The molecular weight excluding hydrogens is 340 g/mol. The molecule has 1 aromatic carbocycles. The maximum Gasteiger partial charge on any atom is 0.144 e. The van der Waals surface area contributed by atoms with Gasteiger partial charge in [-0.2, -0.15) is 0 Å². The maximum absolute atomic E-state index is 8.90. The number of ether oxygens (including phenoxy) is 2. The zero-order valence-corrected chi connectivity index (χ0v) is 16.9. The first-order valence-corrected chi connectivity index (χ1v) is 11.1. The van der Waals surface area contributed by atoms with Crippen LogP contribution in [-0.2, 0) is 22.5 Å². The average Bonchev–Trinajstić information content (AvgIpc) is 2.61. The number of hydrogen-bond donors (Lipinski definition) is 1. The van der Waals surface area contributed by atoms with Crippen LogP contribution in [0.2, 0.25) is 0 Å². The number of benzene rings is 1. The van der Waals surface area contributed by atoms with Crippen LogP contribution in [0.3, 0.4) is 0 Å². The Morgan fingerprint density at radius 1 is 0.917 bits per heavy atom. The highest BCUT2D eigenvalue weighted by Gasteiger charge is 2.10. The molecule has 0 heterocycles. The minimum Gasteiger partial charge on any atom is -0.385 e. The van der Waals surface area contributed by atoms with E-state index < -0.39 is 0 Å². The zero-order valence-electron chi connectivity index (χ0n) is 15.3. The molecule has 0 radical (unpaired) electrons. The fraction of sp³-hybridized carbons (Fsp3) is 0.684. The predicted molar refractivity (Wildman–Crippen MR) is 105 cm³/mol. The SMILES string of the molecule is COCCCCCCCCc1cc(SC)c(COCO)c(SC)c1. The van der Waals surface area contributed by atoms with Crippen LogP contribution >= 0.6 is 23.5 Å². The zero-order chi connectivity index (χ0) is 17.6. The second-order valence-corrected chi connectivity index (χ2v) is 7.52. The molecule has 0 aromatic heterocycles. The Hall–Kier alpha value is -0.200. The highest BCUT2D eigenvalue weighted by atomic mass is 32.2. The lowest BCUT2D eigenvalue weighted by Crippen LogP contribution is -2.00. The van der Waals surface area contributed by atoms with Crippen molar-refractivity contribution in [1.82, 2.24) is 0 Å². The van der Waals surface area contributed by atoms with Gasteiger partial charge in [0.25, 0.3) is 0 Å². The lowest BCUT2D eigenvalue weighted by molar-refractivity contribution is -0.0128. The number of aryl methyl sites for hydroxylation is 1. The largest absolute Gasteiger partial charge is 0.385 e. The summed E-state index contributed by atoms with van der Waals surface area (Å²) < 4.78 is 10.3. The van der Waals surface area contributed by atoms with Gasteiger partial charge in [0.1, 0.15) is 6.79 Å². The number of hydrogen-bond acceptors (Lipinski definition) is 5. The van der Waals surface area contributed by atoms with E-state index in [9.17, 15) is 0 Å². The number of rotatable bonds is 14. The number of aliphatic hydroxyl groups is 1. The lowest BCUT2D eigenvalue weighted by Gasteiger charge is -2.15. The summed E-state index contributed by atoms with van der Waals surface area (Å²) in [4.78, 5) is 2.54. The second kappa shape index (κ2) is 14.0. The van der Waals surface area contributed by atoms with Gasteiger partial charge in [-0.1, -0.05) is 25.7 Å². The maximum atomic E-state index is 8.90. The summed E-state index contributed by atoms with van der Waals surface area (Å²) in [5.41, 5.74) is 2.61. The van der Waals surface area contributed by atoms with Crippen LogP contribution in [0, 0.1) is 0 Å². The first-order chi connectivity index (χ1) is 11.8. The van der Waals surface area contributed by atoms with Crippen molar-refractivity contribution in [3.8, 4) is 0 Å². The Balaban J connectivity index is 2.47. The summed E-state index contributed by atoms with van der Waals surface area (Å²) in [6, 6.07) is 4.58. The van der Waals surface area contributed by atoms with Gasteiger partial charge in [0, 0.05) is 29.1 Å². The van der Waals surface area contributed by atoms with E-state index in [1.54, 1.807) is 30.6 Å². The summed E-state index contributed by atoms with van der Waals surface area (Å²) in [6.45, 7) is 1.14. The molecule has 3 nitrogen and oxygen atoms in total. The Kier molecular flexibility index (Phi) is 12.8. The number of methoxy groups -OCH3 is 1. The van der Waals surface area contributed by atoms with Gasteiger partial charge in [-0.25, -0.2) is 0 Å². The van der Waals surface area contributed by atoms with Crippen molar-refractivity contribution in [2.45, 2.75) is 61.3 Å². The molecule has 0 atom stereocenters. The van der Waals surface area contributed by atoms with Crippen molar-refractivity contribution in [3.05, 3.63) is 23.3 Å². The van der Waals surface area contributed by atoms with E-state index in [-0.39, 0.29) is 6.79 Å². The van der Waals surface area contributed by atoms with Crippen LogP contribution < -0.4 is 0 Å². The van der Waals surface area contributed by atoms with Gasteiger partial charge in [0.2, 0.25) is 0 Å². The Bertz CT molecular complexity index is 427. The molecule has 1 rings (SSSR count). The van der Waals surface area contributed by atoms with E-state index in [4.69, 9.17) is 14.6 Å². The number of unbranched alkanes of at least 4 members (excludes halogenated alkanes) is 5. The van der Waals surface area contributed by atoms with Gasteiger partial charge in [-0.3, -0.25) is 0 Å². The van der Waals surface area contributed by atoms with Gasteiger partial charge in [-0.05, 0) is 49.5 Å². The molecule has 5 heteroatoms. The number of thioether (sulfide) groups is 2. The topological polar surface area (TPSA) is 38.7 Å². The average molecular weight is 373 g/mol. The third-order valence-corrected chi connectivity index (χ3v) is 5.68. The van der Waals surface area contributed by atoms with Crippen molar-refractivity contribution in [1.29, 1.82) is 0 Å². The van der Waals surface area contributed by atoms with Gasteiger partial charge in [-0.15, -0.1) is 23.5 Å². The first-order valence-electron chi connectivity index (χ1n) is 8.68. The van der Waals surface area contributed by atoms with Crippen molar-refractivity contribution in [2.24, 2.45) is 0 Å². The Labute approximate surface area is 155 Å². The molecule has 24 heavy (non-hydrogen) atoms. The standard InChI is InChI=1S/C19H32O3S2/c1-21-11-9-7-5-4-6-8-10-16-12-18(23-2)17(14-22-15-20)19(13-16)24-3/h12-13,20H,4-11,14-15H2,1-3H3. The molecule has 138 valence electrons. The molecule has 0 bridgehead atoms. The van der Waals surface area contributed by atoms with Crippen LogP contribution in [0.25, 0.3) is 0 Å². The second-order valence-electron chi connectivity index (χ2n) is 5.82. The molecule has 0 saturated carbocycles. The quantitative estimate of drug-likeness (QED) is 0.278. The molecule has 0 unspecified atom stereocenters. The molecule has 0 saturated heterocycles. The molecule has 0 amide bonds. The Morgan fingerprint density at radius 3 is 2.04 bits per heavy atom. The summed E-state index contributed by atoms with van der Waals surface area (Å²) in [5.74, 6) is 0. The van der Waals surface area contributed by atoms with Gasteiger partial charge in [0.15, 0.2) is 0 Å². The van der Waals surface area contributed by atoms with Crippen molar-refractivity contribution in [2.75, 3.05) is 33.0 Å². The summed E-state index contributed by atoms with van der Waals surface area (Å²) in [6.07, 6.45) is 13.0. The predicted octanol–water partition coefficient (Wildman–Crippen LogP) is 5.13. The normalized spacial score (nSPS) is 11.2. The fourth-order valence-corrected chi connectivity index (χ4v) is 4.19. The molecule has 0 aliphatic carbocycles. The van der Waals surface area contributed by atoms with Crippen LogP contribution in [0.1, 0.15) is 49.7 Å². The highest BCUT2D eigenvalue weighted by molar-refractivity contribution is 7.99. The smallest absolute Gasteiger partial charge is 0.144 e. The van der Waals surface area contributed by atoms with Gasteiger partial charge in [0.05, 0.1) is 6.61 Å². The van der Waals surface area contributed by atoms with Crippen molar-refractivity contribution < 1.29 is 14.6 Å². The van der Waals surface area contributed by atoms with Crippen molar-refractivity contribution >= 4 is 23.5 Å². The minimum atomic E-state index is -0.228. The summed E-state index contributed by atoms with van der Waals surface area (Å²) in [5, 5.41) is 8.90. The Morgan fingerprint density at radius 2 is 1.50 bits per heavy atom. The fourth-order valence-electron chi connectivity index (χ4n) is 2.76. The number of aliphatic hydroxyl groups excluding tert-OH is 1. The van der Waals surface area contributed by atoms with E-state index >= 15 is 0 Å². The molecular formula is C19H32O3S2. The summed E-state index contributed by atoms with van der Waals surface area (Å²) >= 11 is 3.52. The van der Waals surface area contributed by atoms with Crippen LogP contribution in [0.15, 0.2) is 21.9 Å². The lowest BCUT2D eigenvalue weighted by atomic mass is 10.0. The van der Waals surface area contributed by atoms with Crippen molar-refractivity contribution in [3.63, 3.8) is 0 Å². The van der Waals surface area contributed by atoms with E-state index in [1.807, 2.05) is 0 Å². The molecule has 0 fully saturated rings. The first kappa shape index (κ1) is 21.8. The van der Waals surface area contributed by atoms with E-state index in [1.165, 1.54) is 59.4 Å². The van der Waals surface area contributed by atoms with Crippen LogP contribution in [-0.4, -0.2) is 38.1 Å². The van der Waals surface area contributed by atoms with Crippen LogP contribution in [0.5, 0.6) is 0 Å². The third kappa shape index (κ3) is 8.26. The summed E-state index contributed by atoms with van der Waals surface area (Å²) in [7, 11) is 1.77. The van der Waals surface area contributed by atoms with Gasteiger partial charge < -0.3 is 14.6 Å². The molecule has 1 N–H and O–H groups in total. The van der Waals surface area contributed by atoms with Crippen LogP contribution in [0.4, 0.5) is 0 Å². The molecule has 0 spiro atoms. The van der Waals surface area contributed by atoms with E-state index in [0.717, 1.165) is 13.0 Å². The van der Waals surface area contributed by atoms with E-state index in [0.29, 0.717) is 6.61 Å². The van der Waals surface area contributed by atoms with E-state index in [2.05, 4.69) is 24.6 Å². The molecule has 1 aromatic rings. The molecule has 0 aliphatic rings.